The number of carbonyl (C=O) groups is 1. The van der Waals surface area contributed by atoms with Crippen molar-refractivity contribution in [3.05, 3.63) is 95.7 Å². The fraction of sp³-hybridized carbons (Fsp3) is 0.192. The lowest BCUT2D eigenvalue weighted by molar-refractivity contribution is -0.120. The van der Waals surface area contributed by atoms with Crippen LogP contribution in [0.3, 0.4) is 0 Å². The van der Waals surface area contributed by atoms with Gasteiger partial charge in [0.25, 0.3) is 0 Å². The van der Waals surface area contributed by atoms with Gasteiger partial charge in [-0.25, -0.2) is 0 Å². The van der Waals surface area contributed by atoms with Crippen LogP contribution in [-0.4, -0.2) is 29.9 Å². The number of rotatable bonds is 7. The van der Waals surface area contributed by atoms with Crippen molar-refractivity contribution in [2.45, 2.75) is 19.5 Å². The van der Waals surface area contributed by atoms with Gasteiger partial charge < -0.3 is 15.2 Å². The molecule has 1 amide bonds. The summed E-state index contributed by atoms with van der Waals surface area (Å²) in [6.45, 7) is 1.43. The van der Waals surface area contributed by atoms with E-state index < -0.39 is 0 Å². The van der Waals surface area contributed by atoms with E-state index in [1.165, 1.54) is 11.1 Å². The van der Waals surface area contributed by atoms with Crippen LogP contribution in [0.15, 0.2) is 79.0 Å². The van der Waals surface area contributed by atoms with Crippen molar-refractivity contribution in [1.29, 1.82) is 0 Å². The summed E-state index contributed by atoms with van der Waals surface area (Å²) in [5, 5.41) is 4.19. The van der Waals surface area contributed by atoms with Gasteiger partial charge in [-0.15, -0.1) is 0 Å². The Balaban J connectivity index is 1.44. The number of fused-ring (bicyclic) bond motifs is 1. The Morgan fingerprint density at radius 2 is 1.63 bits per heavy atom. The molecule has 152 valence electrons. The number of H-pyrrole nitrogens is 1. The molecule has 0 atom stereocenters. The molecule has 1 aromatic heterocycles. The Kier molecular flexibility index (Phi) is 5.96. The molecule has 3 aromatic carbocycles. The predicted octanol–water partition coefficient (Wildman–Crippen LogP) is 4.76. The van der Waals surface area contributed by atoms with E-state index in [0.29, 0.717) is 13.0 Å². The fourth-order valence-electron chi connectivity index (χ4n) is 3.82. The molecule has 0 aliphatic rings. The van der Waals surface area contributed by atoms with E-state index in [1.807, 2.05) is 42.6 Å². The molecular formula is C26H27N3O. The number of nitrogens with zero attached hydrogens (tertiary/aromatic N) is 1. The van der Waals surface area contributed by atoms with Crippen LogP contribution in [0.2, 0.25) is 0 Å². The number of hydrogen-bond donors (Lipinski definition) is 2. The molecule has 1 heterocycles. The second-order valence-corrected chi connectivity index (χ2v) is 7.90. The fourth-order valence-corrected chi connectivity index (χ4v) is 3.82. The maximum Gasteiger partial charge on any atom is 0.224 e. The standard InChI is InChI=1S/C26H27N3O/c1-29(2)18-19-11-13-20(14-12-19)23-8-4-3-7-21(23)16-28-26(30)15-22-17-27-25-10-6-5-9-24(22)25/h3-14,17,27H,15-16,18H2,1-2H3,(H,28,30). The quantitative estimate of drug-likeness (QED) is 0.473. The maximum atomic E-state index is 12.6. The highest BCUT2D eigenvalue weighted by Gasteiger charge is 2.10. The lowest BCUT2D eigenvalue weighted by Gasteiger charge is -2.13. The van der Waals surface area contributed by atoms with Gasteiger partial charge in [0.1, 0.15) is 0 Å². The number of benzene rings is 3. The molecule has 0 saturated carbocycles. The molecule has 0 fully saturated rings. The Labute approximate surface area is 177 Å². The third kappa shape index (κ3) is 4.61. The predicted molar refractivity (Wildman–Crippen MR) is 123 cm³/mol. The molecule has 30 heavy (non-hydrogen) atoms. The van der Waals surface area contributed by atoms with Gasteiger partial charge in [-0.2, -0.15) is 0 Å². The molecule has 4 nitrogen and oxygen atoms in total. The highest BCUT2D eigenvalue weighted by atomic mass is 16.1. The number of aromatic nitrogens is 1. The van der Waals surface area contributed by atoms with E-state index in [9.17, 15) is 4.79 Å². The zero-order valence-corrected chi connectivity index (χ0v) is 17.5. The number of aromatic amines is 1. The van der Waals surface area contributed by atoms with E-state index in [4.69, 9.17) is 0 Å². The molecule has 4 aromatic rings. The van der Waals surface area contributed by atoms with Gasteiger partial charge in [0.15, 0.2) is 0 Å². The average Bonchev–Trinajstić information content (AvgIpc) is 3.15. The average molecular weight is 398 g/mol. The minimum atomic E-state index is 0.0240. The normalized spacial score (nSPS) is 11.2. The summed E-state index contributed by atoms with van der Waals surface area (Å²) in [4.78, 5) is 18.0. The van der Waals surface area contributed by atoms with Crippen LogP contribution in [0.25, 0.3) is 22.0 Å². The first-order chi connectivity index (χ1) is 14.6. The Hall–Kier alpha value is -3.37. The highest BCUT2D eigenvalue weighted by molar-refractivity contribution is 5.88. The van der Waals surface area contributed by atoms with E-state index in [1.54, 1.807) is 0 Å². The van der Waals surface area contributed by atoms with Gasteiger partial charge in [0.2, 0.25) is 5.91 Å². The summed E-state index contributed by atoms with van der Waals surface area (Å²) < 4.78 is 0. The zero-order valence-electron chi connectivity index (χ0n) is 17.5. The summed E-state index contributed by atoms with van der Waals surface area (Å²) in [7, 11) is 4.14. The van der Waals surface area contributed by atoms with Crippen molar-refractivity contribution in [2.24, 2.45) is 0 Å². The molecular weight excluding hydrogens is 370 g/mol. The van der Waals surface area contributed by atoms with Crippen molar-refractivity contribution in [1.82, 2.24) is 15.2 Å². The lowest BCUT2D eigenvalue weighted by Crippen LogP contribution is -2.24. The van der Waals surface area contributed by atoms with E-state index in [2.05, 4.69) is 65.7 Å². The van der Waals surface area contributed by atoms with Gasteiger partial charge in [-0.1, -0.05) is 66.7 Å². The molecule has 2 N–H and O–H groups in total. The third-order valence-corrected chi connectivity index (χ3v) is 5.28. The largest absolute Gasteiger partial charge is 0.361 e. The smallest absolute Gasteiger partial charge is 0.224 e. The number of nitrogens with one attached hydrogen (secondary N) is 2. The minimum absolute atomic E-state index is 0.0240. The van der Waals surface area contributed by atoms with Gasteiger partial charge in [-0.3, -0.25) is 4.79 Å². The van der Waals surface area contributed by atoms with Crippen LogP contribution in [0, 0.1) is 0 Å². The molecule has 0 radical (unpaired) electrons. The first-order valence-electron chi connectivity index (χ1n) is 10.2. The summed E-state index contributed by atoms with van der Waals surface area (Å²) in [6.07, 6.45) is 2.29. The second kappa shape index (κ2) is 8.97. The van der Waals surface area contributed by atoms with Crippen LogP contribution in [-0.2, 0) is 24.3 Å². The molecule has 4 heteroatoms. The Morgan fingerprint density at radius 3 is 2.43 bits per heavy atom. The molecule has 0 saturated heterocycles. The molecule has 0 spiro atoms. The van der Waals surface area contributed by atoms with Crippen LogP contribution in [0.4, 0.5) is 0 Å². The minimum Gasteiger partial charge on any atom is -0.361 e. The van der Waals surface area contributed by atoms with Crippen molar-refractivity contribution in [2.75, 3.05) is 14.1 Å². The first-order valence-corrected chi connectivity index (χ1v) is 10.2. The number of hydrogen-bond acceptors (Lipinski definition) is 2. The van der Waals surface area contributed by atoms with Crippen molar-refractivity contribution < 1.29 is 4.79 Å². The second-order valence-electron chi connectivity index (χ2n) is 7.90. The molecule has 0 unspecified atom stereocenters. The van der Waals surface area contributed by atoms with Gasteiger partial charge in [0.05, 0.1) is 6.42 Å². The summed E-state index contributed by atoms with van der Waals surface area (Å²) >= 11 is 0. The monoisotopic (exact) mass is 397 g/mol. The maximum absolute atomic E-state index is 12.6. The van der Waals surface area contributed by atoms with E-state index >= 15 is 0 Å². The zero-order chi connectivity index (χ0) is 20.9. The van der Waals surface area contributed by atoms with E-state index in [-0.39, 0.29) is 5.91 Å². The number of carbonyl (C=O) groups excluding carboxylic acids is 1. The van der Waals surface area contributed by atoms with Gasteiger partial charge >= 0.3 is 0 Å². The Bertz CT molecular complexity index is 1140. The lowest BCUT2D eigenvalue weighted by atomic mass is 9.98. The van der Waals surface area contributed by atoms with Crippen LogP contribution < -0.4 is 5.32 Å². The van der Waals surface area contributed by atoms with Crippen molar-refractivity contribution in [3.63, 3.8) is 0 Å². The topological polar surface area (TPSA) is 48.1 Å². The number of amides is 1. The van der Waals surface area contributed by atoms with Gasteiger partial charge in [0, 0.05) is 30.2 Å². The van der Waals surface area contributed by atoms with E-state index in [0.717, 1.165) is 34.1 Å². The highest BCUT2D eigenvalue weighted by Crippen LogP contribution is 2.24. The van der Waals surface area contributed by atoms with Crippen LogP contribution in [0.5, 0.6) is 0 Å². The van der Waals surface area contributed by atoms with Crippen LogP contribution in [0.1, 0.15) is 16.7 Å². The Morgan fingerprint density at radius 1 is 0.900 bits per heavy atom. The summed E-state index contributed by atoms with van der Waals surface area (Å²) in [6, 6.07) is 25.0. The summed E-state index contributed by atoms with van der Waals surface area (Å²) in [5.41, 5.74) is 6.80. The third-order valence-electron chi connectivity index (χ3n) is 5.28. The molecule has 0 bridgehead atoms. The first kappa shape index (κ1) is 19.9. The van der Waals surface area contributed by atoms with Crippen molar-refractivity contribution in [3.8, 4) is 11.1 Å². The molecule has 0 aliphatic heterocycles. The summed E-state index contributed by atoms with van der Waals surface area (Å²) in [5.74, 6) is 0.0240. The molecule has 0 aliphatic carbocycles. The number of para-hydroxylation sites is 1. The SMILES string of the molecule is CN(C)Cc1ccc(-c2ccccc2CNC(=O)Cc2c[nH]c3ccccc23)cc1. The van der Waals surface area contributed by atoms with Crippen LogP contribution >= 0.6 is 0 Å². The molecule has 4 rings (SSSR count). The van der Waals surface area contributed by atoms with Gasteiger partial charge in [-0.05, 0) is 48.0 Å². The van der Waals surface area contributed by atoms with Crippen molar-refractivity contribution >= 4 is 16.8 Å².